The van der Waals surface area contributed by atoms with E-state index in [1.54, 1.807) is 18.3 Å². The Morgan fingerprint density at radius 2 is 2.00 bits per heavy atom. The smallest absolute Gasteiger partial charge is 0.257 e. The van der Waals surface area contributed by atoms with Crippen LogP contribution in [0.5, 0.6) is 11.6 Å². The lowest BCUT2D eigenvalue weighted by atomic mass is 10.0. The molecule has 1 aliphatic rings. The summed E-state index contributed by atoms with van der Waals surface area (Å²) in [6, 6.07) is 11.2. The third-order valence-electron chi connectivity index (χ3n) is 4.79. The standard InChI is InChI=1S/C21H26BrN3O2/c1-2-3-13-25-14-10-17(11-15-25)24-20(26)19-5-4-12-23-21(19)27-18-8-6-16(22)7-9-18/h4-9,12,17H,2-3,10-11,13-15H2,1H3,(H,24,26). The Bertz CT molecular complexity index is 743. The van der Waals surface area contributed by atoms with Crippen LogP contribution in [-0.2, 0) is 0 Å². The van der Waals surface area contributed by atoms with E-state index in [1.165, 1.54) is 12.8 Å². The van der Waals surface area contributed by atoms with Crippen molar-refractivity contribution in [2.45, 2.75) is 38.6 Å². The largest absolute Gasteiger partial charge is 0.438 e. The fourth-order valence-electron chi connectivity index (χ4n) is 3.21. The van der Waals surface area contributed by atoms with Gasteiger partial charge in [-0.1, -0.05) is 29.3 Å². The van der Waals surface area contributed by atoms with Gasteiger partial charge >= 0.3 is 0 Å². The van der Waals surface area contributed by atoms with Crippen molar-refractivity contribution in [1.29, 1.82) is 0 Å². The number of likely N-dealkylation sites (tertiary alicyclic amines) is 1. The van der Waals surface area contributed by atoms with Crippen molar-refractivity contribution in [1.82, 2.24) is 15.2 Å². The normalized spacial score (nSPS) is 15.5. The summed E-state index contributed by atoms with van der Waals surface area (Å²) >= 11 is 3.40. The Kier molecular flexibility index (Phi) is 7.24. The monoisotopic (exact) mass is 431 g/mol. The zero-order chi connectivity index (χ0) is 19.1. The molecule has 0 unspecified atom stereocenters. The summed E-state index contributed by atoms with van der Waals surface area (Å²) in [6.45, 7) is 5.46. The van der Waals surface area contributed by atoms with Gasteiger partial charge in [0.15, 0.2) is 0 Å². The number of nitrogens with one attached hydrogen (secondary N) is 1. The minimum Gasteiger partial charge on any atom is -0.438 e. The molecule has 144 valence electrons. The molecule has 0 saturated carbocycles. The van der Waals surface area contributed by atoms with E-state index in [4.69, 9.17) is 4.74 Å². The van der Waals surface area contributed by atoms with Gasteiger partial charge in [-0.2, -0.15) is 0 Å². The number of benzene rings is 1. The van der Waals surface area contributed by atoms with E-state index >= 15 is 0 Å². The fourth-order valence-corrected chi connectivity index (χ4v) is 3.47. The SMILES string of the molecule is CCCCN1CCC(NC(=O)c2cccnc2Oc2ccc(Br)cc2)CC1. The molecule has 1 N–H and O–H groups in total. The molecular weight excluding hydrogens is 406 g/mol. The van der Waals surface area contributed by atoms with Crippen LogP contribution >= 0.6 is 15.9 Å². The van der Waals surface area contributed by atoms with Crippen LogP contribution in [0.25, 0.3) is 0 Å². The quantitative estimate of drug-likeness (QED) is 0.693. The Morgan fingerprint density at radius 3 is 2.70 bits per heavy atom. The maximum Gasteiger partial charge on any atom is 0.257 e. The second-order valence-corrected chi connectivity index (χ2v) is 7.77. The molecule has 3 rings (SSSR count). The summed E-state index contributed by atoms with van der Waals surface area (Å²) in [5, 5.41) is 3.15. The minimum absolute atomic E-state index is 0.123. The summed E-state index contributed by atoms with van der Waals surface area (Å²) in [4.78, 5) is 19.5. The highest BCUT2D eigenvalue weighted by atomic mass is 79.9. The number of unbranched alkanes of at least 4 members (excludes halogenated alkanes) is 1. The van der Waals surface area contributed by atoms with E-state index in [0.29, 0.717) is 17.2 Å². The number of amides is 1. The maximum atomic E-state index is 12.8. The van der Waals surface area contributed by atoms with Crippen LogP contribution in [0.2, 0.25) is 0 Å². The Balaban J connectivity index is 1.60. The minimum atomic E-state index is -0.123. The molecular formula is C21H26BrN3O2. The number of piperidine rings is 1. The molecule has 1 saturated heterocycles. The topological polar surface area (TPSA) is 54.5 Å². The number of hydrogen-bond acceptors (Lipinski definition) is 4. The first-order valence-electron chi connectivity index (χ1n) is 9.57. The van der Waals surface area contributed by atoms with E-state index in [9.17, 15) is 4.79 Å². The molecule has 6 heteroatoms. The third kappa shape index (κ3) is 5.78. The van der Waals surface area contributed by atoms with Crippen molar-refractivity contribution in [2.75, 3.05) is 19.6 Å². The molecule has 0 spiro atoms. The molecule has 1 aliphatic heterocycles. The molecule has 1 aromatic heterocycles. The predicted octanol–water partition coefficient (Wildman–Crippen LogP) is 4.63. The van der Waals surface area contributed by atoms with Gasteiger partial charge in [-0.25, -0.2) is 4.98 Å². The highest BCUT2D eigenvalue weighted by Gasteiger charge is 2.22. The second kappa shape index (κ2) is 9.85. The van der Waals surface area contributed by atoms with Gasteiger partial charge in [0, 0.05) is 29.8 Å². The van der Waals surface area contributed by atoms with Crippen LogP contribution in [0, 0.1) is 0 Å². The zero-order valence-corrected chi connectivity index (χ0v) is 17.2. The van der Waals surface area contributed by atoms with E-state index in [2.05, 4.69) is 38.1 Å². The van der Waals surface area contributed by atoms with Crippen LogP contribution in [0.15, 0.2) is 47.1 Å². The number of ether oxygens (including phenoxy) is 1. The van der Waals surface area contributed by atoms with Gasteiger partial charge in [-0.3, -0.25) is 4.79 Å². The van der Waals surface area contributed by atoms with Crippen molar-refractivity contribution in [3.63, 3.8) is 0 Å². The van der Waals surface area contributed by atoms with E-state index in [-0.39, 0.29) is 11.9 Å². The van der Waals surface area contributed by atoms with Gasteiger partial charge in [0.05, 0.1) is 0 Å². The summed E-state index contributed by atoms with van der Waals surface area (Å²) in [6.07, 6.45) is 6.07. The van der Waals surface area contributed by atoms with Gasteiger partial charge in [-0.05, 0) is 62.2 Å². The first-order chi connectivity index (χ1) is 13.2. The molecule has 1 aromatic carbocycles. The van der Waals surface area contributed by atoms with Gasteiger partial charge < -0.3 is 15.0 Å². The average molecular weight is 432 g/mol. The number of rotatable bonds is 7. The summed E-state index contributed by atoms with van der Waals surface area (Å²) in [5.74, 6) is 0.857. The van der Waals surface area contributed by atoms with Crippen LogP contribution in [-0.4, -0.2) is 41.5 Å². The number of carbonyl (C=O) groups is 1. The number of aromatic nitrogens is 1. The number of pyridine rings is 1. The highest BCUT2D eigenvalue weighted by molar-refractivity contribution is 9.10. The van der Waals surface area contributed by atoms with Crippen LogP contribution in [0.3, 0.4) is 0 Å². The summed E-state index contributed by atoms with van der Waals surface area (Å²) in [7, 11) is 0. The lowest BCUT2D eigenvalue weighted by Crippen LogP contribution is -2.44. The lowest BCUT2D eigenvalue weighted by molar-refractivity contribution is 0.0908. The number of hydrogen-bond donors (Lipinski definition) is 1. The molecule has 0 atom stereocenters. The number of halogens is 1. The van der Waals surface area contributed by atoms with E-state index < -0.39 is 0 Å². The van der Waals surface area contributed by atoms with E-state index in [0.717, 1.165) is 36.9 Å². The third-order valence-corrected chi connectivity index (χ3v) is 5.32. The summed E-state index contributed by atoms with van der Waals surface area (Å²) < 4.78 is 6.81. The van der Waals surface area contributed by atoms with Crippen molar-refractivity contribution >= 4 is 21.8 Å². The molecule has 1 amide bonds. The first-order valence-corrected chi connectivity index (χ1v) is 10.4. The van der Waals surface area contributed by atoms with Gasteiger partial charge in [0.1, 0.15) is 11.3 Å². The average Bonchev–Trinajstić information content (AvgIpc) is 2.69. The van der Waals surface area contributed by atoms with Gasteiger partial charge in [-0.15, -0.1) is 0 Å². The Morgan fingerprint density at radius 1 is 1.26 bits per heavy atom. The second-order valence-electron chi connectivity index (χ2n) is 6.86. The van der Waals surface area contributed by atoms with Crippen molar-refractivity contribution < 1.29 is 9.53 Å². The molecule has 27 heavy (non-hydrogen) atoms. The van der Waals surface area contributed by atoms with Crippen LogP contribution in [0.1, 0.15) is 43.0 Å². The van der Waals surface area contributed by atoms with Gasteiger partial charge in [0.2, 0.25) is 5.88 Å². The van der Waals surface area contributed by atoms with Crippen molar-refractivity contribution in [3.8, 4) is 11.6 Å². The van der Waals surface area contributed by atoms with Crippen LogP contribution < -0.4 is 10.1 Å². The van der Waals surface area contributed by atoms with Gasteiger partial charge in [0.25, 0.3) is 5.91 Å². The van der Waals surface area contributed by atoms with E-state index in [1.807, 2.05) is 24.3 Å². The molecule has 2 heterocycles. The predicted molar refractivity (Wildman–Crippen MR) is 110 cm³/mol. The molecule has 0 aliphatic carbocycles. The highest BCUT2D eigenvalue weighted by Crippen LogP contribution is 2.25. The molecule has 2 aromatic rings. The summed E-state index contributed by atoms with van der Waals surface area (Å²) in [5.41, 5.74) is 0.467. The maximum absolute atomic E-state index is 12.8. The molecule has 0 radical (unpaired) electrons. The zero-order valence-electron chi connectivity index (χ0n) is 15.7. The first kappa shape index (κ1) is 19.8. The lowest BCUT2D eigenvalue weighted by Gasteiger charge is -2.32. The fraction of sp³-hybridized carbons (Fsp3) is 0.429. The Labute approximate surface area is 169 Å². The van der Waals surface area contributed by atoms with Crippen molar-refractivity contribution in [2.24, 2.45) is 0 Å². The number of nitrogens with zero attached hydrogens (tertiary/aromatic N) is 2. The van der Waals surface area contributed by atoms with Crippen LogP contribution in [0.4, 0.5) is 0 Å². The molecule has 0 bridgehead atoms. The number of carbonyl (C=O) groups excluding carboxylic acids is 1. The molecule has 1 fully saturated rings. The van der Waals surface area contributed by atoms with Crippen molar-refractivity contribution in [3.05, 3.63) is 52.6 Å². The Hall–Kier alpha value is -1.92. The molecule has 5 nitrogen and oxygen atoms in total.